The van der Waals surface area contributed by atoms with Gasteiger partial charge in [-0.25, -0.2) is 0 Å². The number of rotatable bonds is 7. The Bertz CT molecular complexity index is 1230. The smallest absolute Gasteiger partial charge is 0.418 e. The van der Waals surface area contributed by atoms with E-state index in [0.29, 0.717) is 5.75 Å². The number of aryl methyl sites for hydroxylation is 1. The molecule has 0 aliphatic rings. The minimum atomic E-state index is -4.63. The molecule has 4 rings (SSSR count). The van der Waals surface area contributed by atoms with Crippen molar-refractivity contribution in [1.82, 2.24) is 30.4 Å². The fraction of sp³-hybridized carbons (Fsp3) is 0.211. The van der Waals surface area contributed by atoms with Crippen LogP contribution >= 0.6 is 23.4 Å². The average molecular weight is 483 g/mol. The van der Waals surface area contributed by atoms with Crippen molar-refractivity contribution >= 4 is 23.4 Å². The Morgan fingerprint density at radius 2 is 1.97 bits per heavy atom. The lowest BCUT2D eigenvalue weighted by Crippen LogP contribution is -2.13. The predicted molar refractivity (Wildman–Crippen MR) is 109 cm³/mol. The Kier molecular flexibility index (Phi) is 6.33. The van der Waals surface area contributed by atoms with Gasteiger partial charge in [0.25, 0.3) is 11.1 Å². The van der Waals surface area contributed by atoms with Crippen molar-refractivity contribution in [3.8, 4) is 11.4 Å². The molecule has 32 heavy (non-hydrogen) atoms. The van der Waals surface area contributed by atoms with E-state index in [1.165, 1.54) is 12.1 Å². The highest BCUT2D eigenvalue weighted by Crippen LogP contribution is 2.36. The molecule has 4 aromatic rings. The molecule has 0 spiro atoms. The Labute approximate surface area is 188 Å². The molecule has 8 nitrogen and oxygen atoms in total. The summed E-state index contributed by atoms with van der Waals surface area (Å²) >= 11 is 6.82. The van der Waals surface area contributed by atoms with Gasteiger partial charge in [0.15, 0.2) is 12.4 Å². The summed E-state index contributed by atoms with van der Waals surface area (Å²) in [5, 5.41) is 19.0. The van der Waals surface area contributed by atoms with Gasteiger partial charge in [-0.05, 0) is 53.2 Å². The molecule has 0 radical (unpaired) electrons. The zero-order valence-corrected chi connectivity index (χ0v) is 17.9. The number of tetrazole rings is 1. The van der Waals surface area contributed by atoms with Crippen molar-refractivity contribution in [2.24, 2.45) is 0 Å². The zero-order valence-electron chi connectivity index (χ0n) is 16.4. The minimum absolute atomic E-state index is 0.0450. The Balaban J connectivity index is 1.44. The highest BCUT2D eigenvalue weighted by Gasteiger charge is 2.35. The van der Waals surface area contributed by atoms with Crippen LogP contribution in [0.3, 0.4) is 0 Å². The summed E-state index contributed by atoms with van der Waals surface area (Å²) in [6.07, 6.45) is -4.63. The number of nitrogens with zero attached hydrogens (tertiary/aromatic N) is 6. The van der Waals surface area contributed by atoms with Crippen LogP contribution in [0.5, 0.6) is 5.75 Å². The first-order valence-electron chi connectivity index (χ1n) is 9.08. The number of alkyl halides is 3. The van der Waals surface area contributed by atoms with Crippen LogP contribution in [0.2, 0.25) is 5.02 Å². The molecular formula is C19H14ClF3N6O2S. The topological polar surface area (TPSA) is 91.8 Å². The maximum atomic E-state index is 13.4. The van der Waals surface area contributed by atoms with Gasteiger partial charge in [0.05, 0.1) is 17.0 Å². The molecule has 166 valence electrons. The van der Waals surface area contributed by atoms with E-state index >= 15 is 0 Å². The standard InChI is InChI=1S/C19H14ClF3N6O2S/c1-11-3-2-4-13(7-11)30-9-17-25-26-18(31-17)32-10-16-24-27-28-29(16)15-6-5-12(20)8-14(15)19(21,22)23/h2-8H,9-10H2,1H3. The highest BCUT2D eigenvalue weighted by atomic mass is 35.5. The summed E-state index contributed by atoms with van der Waals surface area (Å²) in [6, 6.07) is 10.9. The molecule has 2 heterocycles. The molecule has 0 saturated carbocycles. The first-order chi connectivity index (χ1) is 15.3. The molecule has 2 aromatic carbocycles. The molecule has 0 fully saturated rings. The molecule has 0 bridgehead atoms. The molecule has 0 N–H and O–H groups in total. The predicted octanol–water partition coefficient (Wildman–Crippen LogP) is 4.90. The summed E-state index contributed by atoms with van der Waals surface area (Å²) in [5.74, 6) is 1.18. The van der Waals surface area contributed by atoms with E-state index in [-0.39, 0.29) is 40.0 Å². The quantitative estimate of drug-likeness (QED) is 0.343. The second-order valence-corrected chi connectivity index (χ2v) is 7.88. The molecule has 0 saturated heterocycles. The van der Waals surface area contributed by atoms with Gasteiger partial charge in [0.2, 0.25) is 0 Å². The number of benzene rings is 2. The van der Waals surface area contributed by atoms with Gasteiger partial charge >= 0.3 is 6.18 Å². The van der Waals surface area contributed by atoms with Gasteiger partial charge in [-0.1, -0.05) is 35.5 Å². The molecule has 13 heteroatoms. The van der Waals surface area contributed by atoms with Crippen LogP contribution in [0.25, 0.3) is 5.69 Å². The van der Waals surface area contributed by atoms with E-state index in [2.05, 4.69) is 25.7 Å². The van der Waals surface area contributed by atoms with E-state index in [0.717, 1.165) is 28.1 Å². The van der Waals surface area contributed by atoms with Crippen molar-refractivity contribution < 1.29 is 22.3 Å². The lowest BCUT2D eigenvalue weighted by Gasteiger charge is -2.13. The van der Waals surface area contributed by atoms with Crippen LogP contribution in [-0.4, -0.2) is 30.4 Å². The fourth-order valence-electron chi connectivity index (χ4n) is 2.73. The van der Waals surface area contributed by atoms with Crippen molar-refractivity contribution in [2.45, 2.75) is 30.7 Å². The van der Waals surface area contributed by atoms with Crippen molar-refractivity contribution in [1.29, 1.82) is 0 Å². The fourth-order valence-corrected chi connectivity index (χ4v) is 3.59. The second kappa shape index (κ2) is 9.17. The number of ether oxygens (including phenoxy) is 1. The molecule has 2 aromatic heterocycles. The van der Waals surface area contributed by atoms with Crippen LogP contribution in [0, 0.1) is 6.92 Å². The first kappa shape index (κ1) is 22.1. The van der Waals surface area contributed by atoms with Gasteiger partial charge in [0.1, 0.15) is 5.75 Å². The number of aromatic nitrogens is 6. The molecule has 0 amide bonds. The van der Waals surface area contributed by atoms with Gasteiger partial charge < -0.3 is 9.15 Å². The summed E-state index contributed by atoms with van der Waals surface area (Å²) in [6.45, 7) is 2.03. The van der Waals surface area contributed by atoms with Crippen molar-refractivity contribution in [3.05, 3.63) is 70.3 Å². The van der Waals surface area contributed by atoms with Gasteiger partial charge in [-0.15, -0.1) is 15.3 Å². The maximum Gasteiger partial charge on any atom is 0.418 e. The number of hydrogen-bond acceptors (Lipinski definition) is 8. The average Bonchev–Trinajstić information content (AvgIpc) is 3.39. The largest absolute Gasteiger partial charge is 0.484 e. The van der Waals surface area contributed by atoms with Gasteiger partial charge in [-0.3, -0.25) is 0 Å². The Morgan fingerprint density at radius 3 is 2.75 bits per heavy atom. The molecule has 0 aliphatic carbocycles. The van der Waals surface area contributed by atoms with E-state index in [1.54, 1.807) is 0 Å². The Hall–Kier alpha value is -3.12. The van der Waals surface area contributed by atoms with Crippen LogP contribution in [0.1, 0.15) is 22.8 Å². The zero-order chi connectivity index (χ0) is 22.7. The van der Waals surface area contributed by atoms with Gasteiger partial charge in [-0.2, -0.15) is 17.9 Å². The van der Waals surface area contributed by atoms with Crippen molar-refractivity contribution in [3.63, 3.8) is 0 Å². The molecule has 0 aliphatic heterocycles. The summed E-state index contributed by atoms with van der Waals surface area (Å²) in [5.41, 5.74) is -0.131. The summed E-state index contributed by atoms with van der Waals surface area (Å²) in [7, 11) is 0. The maximum absolute atomic E-state index is 13.4. The summed E-state index contributed by atoms with van der Waals surface area (Å²) in [4.78, 5) is 0. The van der Waals surface area contributed by atoms with Crippen LogP contribution in [-0.2, 0) is 18.5 Å². The first-order valence-corrected chi connectivity index (χ1v) is 10.4. The lowest BCUT2D eigenvalue weighted by atomic mass is 10.1. The van der Waals surface area contributed by atoms with Crippen LogP contribution in [0.4, 0.5) is 13.2 Å². The van der Waals surface area contributed by atoms with E-state index < -0.39 is 11.7 Å². The SMILES string of the molecule is Cc1cccc(OCc2nnc(SCc3nnnn3-c3ccc(Cl)cc3C(F)(F)F)o2)c1. The number of halogens is 4. The molecule has 0 atom stereocenters. The lowest BCUT2D eigenvalue weighted by molar-refractivity contribution is -0.137. The Morgan fingerprint density at radius 1 is 1.12 bits per heavy atom. The molecular weight excluding hydrogens is 469 g/mol. The summed E-state index contributed by atoms with van der Waals surface area (Å²) < 4.78 is 52.4. The monoisotopic (exact) mass is 482 g/mol. The highest BCUT2D eigenvalue weighted by molar-refractivity contribution is 7.98. The third-order valence-corrected chi connectivity index (χ3v) is 5.20. The van der Waals surface area contributed by atoms with Gasteiger partial charge in [0, 0.05) is 5.02 Å². The van der Waals surface area contributed by atoms with E-state index in [4.69, 9.17) is 20.8 Å². The third kappa shape index (κ3) is 5.19. The van der Waals surface area contributed by atoms with Crippen LogP contribution < -0.4 is 4.74 Å². The third-order valence-electron chi connectivity index (χ3n) is 4.15. The molecule has 0 unspecified atom stereocenters. The number of thioether (sulfide) groups is 1. The van der Waals surface area contributed by atoms with E-state index in [9.17, 15) is 13.2 Å². The number of hydrogen-bond donors (Lipinski definition) is 0. The van der Waals surface area contributed by atoms with Crippen LogP contribution in [0.15, 0.2) is 52.1 Å². The van der Waals surface area contributed by atoms with Crippen molar-refractivity contribution in [2.75, 3.05) is 0 Å². The van der Waals surface area contributed by atoms with E-state index in [1.807, 2.05) is 31.2 Å². The minimum Gasteiger partial charge on any atom is -0.484 e. The normalized spacial score (nSPS) is 11.7. The second-order valence-electron chi connectivity index (χ2n) is 6.52.